The van der Waals surface area contributed by atoms with Gasteiger partial charge in [0.2, 0.25) is 5.91 Å². The summed E-state index contributed by atoms with van der Waals surface area (Å²) in [5, 5.41) is 2.07. The largest absolute Gasteiger partial charge is 0.461 e. The van der Waals surface area contributed by atoms with E-state index in [1.807, 2.05) is 86.6 Å². The standard InChI is InChI=1S/C28H29NO5/c1-19(2)25-18-34-28(32)29(25)27(31)23(16-26(30)33-17-20-9-4-3-5-10-20)15-22-13-8-12-21-11-6-7-14-24(21)22/h3-14,19,23,25H,15-18H2,1-2H3/t23-,25?/m1/s1. The minimum absolute atomic E-state index is 0.0404. The number of hydrogen-bond donors (Lipinski definition) is 0. The Balaban J connectivity index is 1.58. The average molecular weight is 460 g/mol. The van der Waals surface area contributed by atoms with Crippen LogP contribution in [0.1, 0.15) is 31.4 Å². The summed E-state index contributed by atoms with van der Waals surface area (Å²) in [4.78, 5) is 40.1. The van der Waals surface area contributed by atoms with Crippen molar-refractivity contribution < 1.29 is 23.9 Å². The van der Waals surface area contributed by atoms with E-state index >= 15 is 0 Å². The van der Waals surface area contributed by atoms with Crippen molar-refractivity contribution in [2.75, 3.05) is 6.61 Å². The molecule has 0 aromatic heterocycles. The smallest absolute Gasteiger partial charge is 0.416 e. The summed E-state index contributed by atoms with van der Waals surface area (Å²) in [6, 6.07) is 22.9. The van der Waals surface area contributed by atoms with E-state index in [1.54, 1.807) is 0 Å². The maximum absolute atomic E-state index is 13.6. The summed E-state index contributed by atoms with van der Waals surface area (Å²) in [5.74, 6) is -1.58. The van der Waals surface area contributed by atoms with Gasteiger partial charge in [-0.3, -0.25) is 9.59 Å². The minimum Gasteiger partial charge on any atom is -0.461 e. The molecule has 6 nitrogen and oxygen atoms in total. The molecule has 2 amide bonds. The number of benzene rings is 3. The highest BCUT2D eigenvalue weighted by Crippen LogP contribution is 2.28. The van der Waals surface area contributed by atoms with Gasteiger partial charge in [-0.05, 0) is 34.2 Å². The number of carbonyl (C=O) groups excluding carboxylic acids is 3. The predicted octanol–water partition coefficient (Wildman–Crippen LogP) is 5.14. The fraction of sp³-hybridized carbons (Fsp3) is 0.321. The van der Waals surface area contributed by atoms with E-state index in [4.69, 9.17) is 9.47 Å². The van der Waals surface area contributed by atoms with Crippen molar-refractivity contribution in [1.82, 2.24) is 4.90 Å². The molecule has 1 unspecified atom stereocenters. The van der Waals surface area contributed by atoms with Crippen LogP contribution in [0.3, 0.4) is 0 Å². The Kier molecular flexibility index (Phi) is 7.26. The Morgan fingerprint density at radius 1 is 1.00 bits per heavy atom. The molecular weight excluding hydrogens is 430 g/mol. The number of amides is 2. The van der Waals surface area contributed by atoms with Crippen LogP contribution in [-0.2, 0) is 32.1 Å². The minimum atomic E-state index is -0.749. The number of hydrogen-bond acceptors (Lipinski definition) is 5. The molecule has 2 atom stereocenters. The third-order valence-electron chi connectivity index (χ3n) is 6.26. The second-order valence-electron chi connectivity index (χ2n) is 8.99. The SMILES string of the molecule is CC(C)C1COC(=O)N1C(=O)[C@@H](CC(=O)OCc1ccccc1)Cc1cccc2ccccc12. The predicted molar refractivity (Wildman–Crippen MR) is 129 cm³/mol. The summed E-state index contributed by atoms with van der Waals surface area (Å²) >= 11 is 0. The third kappa shape index (κ3) is 5.28. The zero-order chi connectivity index (χ0) is 24.1. The molecule has 1 saturated heterocycles. The molecule has 1 heterocycles. The number of carbonyl (C=O) groups is 3. The number of nitrogens with zero attached hydrogens (tertiary/aromatic N) is 1. The lowest BCUT2D eigenvalue weighted by Crippen LogP contribution is -2.45. The van der Waals surface area contributed by atoms with Crippen LogP contribution in [0.4, 0.5) is 4.79 Å². The Morgan fingerprint density at radius 3 is 2.47 bits per heavy atom. The van der Waals surface area contributed by atoms with Crippen LogP contribution in [0.5, 0.6) is 0 Å². The van der Waals surface area contributed by atoms with Gasteiger partial charge in [0.15, 0.2) is 0 Å². The molecule has 1 aliphatic heterocycles. The lowest BCUT2D eigenvalue weighted by atomic mass is 9.91. The molecule has 1 fully saturated rings. The summed E-state index contributed by atoms with van der Waals surface area (Å²) in [6.45, 7) is 4.19. The Labute approximate surface area is 199 Å². The first kappa shape index (κ1) is 23.5. The molecule has 3 aromatic carbocycles. The van der Waals surface area contributed by atoms with Gasteiger partial charge in [-0.1, -0.05) is 86.6 Å². The molecule has 0 saturated carbocycles. The van der Waals surface area contributed by atoms with Gasteiger partial charge < -0.3 is 9.47 Å². The number of esters is 1. The van der Waals surface area contributed by atoms with Crippen LogP contribution in [0.2, 0.25) is 0 Å². The summed E-state index contributed by atoms with van der Waals surface area (Å²) in [7, 11) is 0. The van der Waals surface area contributed by atoms with Gasteiger partial charge >= 0.3 is 12.1 Å². The van der Waals surface area contributed by atoms with Crippen molar-refractivity contribution in [3.63, 3.8) is 0 Å². The van der Waals surface area contributed by atoms with Gasteiger partial charge in [0.05, 0.1) is 18.4 Å². The molecule has 34 heavy (non-hydrogen) atoms. The first-order valence-corrected chi connectivity index (χ1v) is 11.6. The van der Waals surface area contributed by atoms with Crippen LogP contribution >= 0.6 is 0 Å². The molecule has 0 N–H and O–H groups in total. The second-order valence-corrected chi connectivity index (χ2v) is 8.99. The summed E-state index contributed by atoms with van der Waals surface area (Å²) in [6.07, 6.45) is -0.456. The van der Waals surface area contributed by atoms with Crippen LogP contribution in [-0.4, -0.2) is 35.5 Å². The molecule has 4 rings (SSSR count). The number of cyclic esters (lactones) is 1. The summed E-state index contributed by atoms with van der Waals surface area (Å²) < 4.78 is 10.7. The van der Waals surface area contributed by atoms with Crippen molar-refractivity contribution >= 4 is 28.7 Å². The highest BCUT2D eigenvalue weighted by molar-refractivity contribution is 5.97. The van der Waals surface area contributed by atoms with E-state index in [1.165, 1.54) is 4.90 Å². The van der Waals surface area contributed by atoms with Crippen molar-refractivity contribution in [1.29, 1.82) is 0 Å². The van der Waals surface area contributed by atoms with Crippen LogP contribution in [0.25, 0.3) is 10.8 Å². The van der Waals surface area contributed by atoms with E-state index in [0.29, 0.717) is 6.42 Å². The van der Waals surface area contributed by atoms with Gasteiger partial charge in [0.1, 0.15) is 13.2 Å². The molecule has 6 heteroatoms. The lowest BCUT2D eigenvalue weighted by Gasteiger charge is -2.27. The van der Waals surface area contributed by atoms with Crippen molar-refractivity contribution in [2.24, 2.45) is 11.8 Å². The first-order valence-electron chi connectivity index (χ1n) is 11.6. The average Bonchev–Trinajstić information content (AvgIpc) is 3.24. The molecule has 176 valence electrons. The van der Waals surface area contributed by atoms with Gasteiger partial charge in [-0.2, -0.15) is 0 Å². The zero-order valence-electron chi connectivity index (χ0n) is 19.5. The van der Waals surface area contributed by atoms with Crippen molar-refractivity contribution in [3.05, 3.63) is 83.9 Å². The Bertz CT molecular complexity index is 1170. The van der Waals surface area contributed by atoms with Crippen molar-refractivity contribution in [2.45, 2.75) is 39.3 Å². The summed E-state index contributed by atoms with van der Waals surface area (Å²) in [5.41, 5.74) is 1.82. The van der Waals surface area contributed by atoms with Gasteiger partial charge in [-0.25, -0.2) is 9.69 Å². The quantitative estimate of drug-likeness (QED) is 0.437. The highest BCUT2D eigenvalue weighted by atomic mass is 16.6. The third-order valence-corrected chi connectivity index (χ3v) is 6.26. The fourth-order valence-corrected chi connectivity index (χ4v) is 4.36. The Hall–Kier alpha value is -3.67. The number of ether oxygens (including phenoxy) is 2. The van der Waals surface area contributed by atoms with E-state index < -0.39 is 23.9 Å². The number of imide groups is 1. The van der Waals surface area contributed by atoms with Crippen LogP contribution in [0, 0.1) is 11.8 Å². The monoisotopic (exact) mass is 459 g/mol. The molecule has 0 spiro atoms. The Morgan fingerprint density at radius 2 is 1.71 bits per heavy atom. The van der Waals surface area contributed by atoms with Crippen molar-refractivity contribution in [3.8, 4) is 0 Å². The van der Waals surface area contributed by atoms with E-state index in [2.05, 4.69) is 0 Å². The van der Waals surface area contributed by atoms with Gasteiger partial charge in [-0.15, -0.1) is 0 Å². The second kappa shape index (κ2) is 10.5. The normalized spacial score (nSPS) is 16.5. The lowest BCUT2D eigenvalue weighted by molar-refractivity contribution is -0.149. The highest BCUT2D eigenvalue weighted by Gasteiger charge is 2.42. The topological polar surface area (TPSA) is 72.9 Å². The zero-order valence-corrected chi connectivity index (χ0v) is 19.5. The molecule has 0 aliphatic carbocycles. The van der Waals surface area contributed by atoms with Gasteiger partial charge in [0, 0.05) is 0 Å². The molecule has 0 radical (unpaired) electrons. The van der Waals surface area contributed by atoms with E-state index in [9.17, 15) is 14.4 Å². The molecular formula is C28H29NO5. The first-order chi connectivity index (χ1) is 16.4. The number of fused-ring (bicyclic) bond motifs is 1. The molecule has 0 bridgehead atoms. The van der Waals surface area contributed by atoms with Gasteiger partial charge in [0.25, 0.3) is 0 Å². The van der Waals surface area contributed by atoms with E-state index in [-0.39, 0.29) is 31.6 Å². The van der Waals surface area contributed by atoms with E-state index in [0.717, 1.165) is 21.9 Å². The maximum Gasteiger partial charge on any atom is 0.416 e. The van der Waals surface area contributed by atoms with Crippen LogP contribution in [0.15, 0.2) is 72.8 Å². The van der Waals surface area contributed by atoms with Crippen LogP contribution < -0.4 is 0 Å². The molecule has 3 aromatic rings. The maximum atomic E-state index is 13.6. The molecule has 1 aliphatic rings. The number of rotatable bonds is 8. The fourth-order valence-electron chi connectivity index (χ4n) is 4.36.